The highest BCUT2D eigenvalue weighted by Gasteiger charge is 2.35. The molecule has 2 atom stereocenters. The van der Waals surface area contributed by atoms with Crippen molar-refractivity contribution in [3.63, 3.8) is 0 Å². The highest BCUT2D eigenvalue weighted by atomic mass is 32.2. The molecule has 0 radical (unpaired) electrons. The average Bonchev–Trinajstić information content (AvgIpc) is 3.58. The second-order valence-corrected chi connectivity index (χ2v) is 14.0. The Kier molecular flexibility index (Phi) is 8.00. The van der Waals surface area contributed by atoms with Crippen molar-refractivity contribution in [2.45, 2.75) is 16.1 Å². The lowest BCUT2D eigenvalue weighted by Crippen LogP contribution is -2.12. The average molecular weight is 658 g/mol. The van der Waals surface area contributed by atoms with Crippen molar-refractivity contribution >= 4 is 28.8 Å². The quantitative estimate of drug-likeness (QED) is 0.168. The number of fused-ring (bicyclic) bond motifs is 3. The Morgan fingerprint density at radius 1 is 0.380 bits per heavy atom. The van der Waals surface area contributed by atoms with E-state index in [0.29, 0.717) is 11.2 Å². The zero-order valence-electron chi connectivity index (χ0n) is 27.6. The predicted octanol–water partition coefficient (Wildman–Crippen LogP) is 13.5. The van der Waals surface area contributed by atoms with Crippen molar-refractivity contribution < 1.29 is 0 Å². The summed E-state index contributed by atoms with van der Waals surface area (Å²) in [6, 6.07) is 63.8. The van der Waals surface area contributed by atoms with E-state index in [0.717, 1.165) is 11.4 Å². The van der Waals surface area contributed by atoms with Crippen molar-refractivity contribution in [1.29, 1.82) is 0 Å². The van der Waals surface area contributed by atoms with Gasteiger partial charge in [-0.1, -0.05) is 170 Å². The van der Waals surface area contributed by atoms with Gasteiger partial charge in [0.25, 0.3) is 0 Å². The minimum absolute atomic E-state index is 0.375. The van der Waals surface area contributed by atoms with Gasteiger partial charge in [-0.25, -0.2) is 0 Å². The Hall–Kier alpha value is -5.83. The molecule has 0 saturated heterocycles. The fraction of sp³-hybridized carbons (Fsp3) is 0.0417. The van der Waals surface area contributed by atoms with Gasteiger partial charge in [0.05, 0.1) is 5.69 Å². The van der Waals surface area contributed by atoms with Crippen molar-refractivity contribution in [2.24, 2.45) is 0 Å². The first-order chi connectivity index (χ1) is 24.8. The van der Waals surface area contributed by atoms with E-state index in [2.05, 4.69) is 205 Å². The van der Waals surface area contributed by atoms with Crippen LogP contribution in [0.5, 0.6) is 0 Å². The van der Waals surface area contributed by atoms with Gasteiger partial charge >= 0.3 is 0 Å². The molecule has 0 N–H and O–H groups in total. The monoisotopic (exact) mass is 657 g/mol. The minimum Gasteiger partial charge on any atom is -0.310 e. The Balaban J connectivity index is 1.22. The van der Waals surface area contributed by atoms with Gasteiger partial charge in [-0.15, -0.1) is 11.8 Å². The van der Waals surface area contributed by atoms with Crippen molar-refractivity contribution in [3.05, 3.63) is 206 Å². The SMILES string of the molecule is C1=CC2Sc3c(ccc(N(c4ccc(-c5ccccc5)cc4)c4ccc(-c5ccccc5)cc4)c3-c3ccc(-c4ccccc4)cc3)C2C=C1. The molecule has 0 spiro atoms. The maximum absolute atomic E-state index is 2.44. The Bertz CT molecular complexity index is 2220. The predicted molar refractivity (Wildman–Crippen MR) is 214 cm³/mol. The largest absolute Gasteiger partial charge is 0.310 e. The summed E-state index contributed by atoms with van der Waals surface area (Å²) in [6.45, 7) is 0. The Morgan fingerprint density at radius 3 is 1.30 bits per heavy atom. The van der Waals surface area contributed by atoms with Gasteiger partial charge in [-0.05, 0) is 74.8 Å². The molecular formula is C48H35NS. The standard InChI is InChI=1S/C48H35NS/c1-4-12-34(13-5-1)37-20-22-40(23-21-37)47-45(33-32-44-43-18-10-11-19-46(43)50-48(44)47)49(41-28-24-38(25-29-41)35-14-6-2-7-15-35)42-30-26-39(27-31-42)36-16-8-3-9-17-36/h1-33,43,46H. The summed E-state index contributed by atoms with van der Waals surface area (Å²) in [5.41, 5.74) is 14.6. The number of nitrogens with zero attached hydrogens (tertiary/aromatic N) is 1. The normalized spacial score (nSPS) is 15.8. The summed E-state index contributed by atoms with van der Waals surface area (Å²) in [4.78, 5) is 3.81. The maximum Gasteiger partial charge on any atom is 0.0551 e. The second kappa shape index (κ2) is 13.2. The van der Waals surface area contributed by atoms with Crippen LogP contribution in [0.3, 0.4) is 0 Å². The third-order valence-electron chi connectivity index (χ3n) is 9.85. The fourth-order valence-electron chi connectivity index (χ4n) is 7.31. The van der Waals surface area contributed by atoms with Gasteiger partial charge in [0.15, 0.2) is 0 Å². The molecule has 1 heterocycles. The van der Waals surface area contributed by atoms with E-state index in [1.54, 1.807) is 0 Å². The molecular weight excluding hydrogens is 623 g/mol. The van der Waals surface area contributed by atoms with Gasteiger partial charge in [0, 0.05) is 33.0 Å². The molecule has 2 aliphatic rings. The van der Waals surface area contributed by atoms with Crippen LogP contribution in [-0.2, 0) is 0 Å². The molecule has 7 aromatic carbocycles. The molecule has 0 aromatic heterocycles. The lowest BCUT2D eigenvalue weighted by molar-refractivity contribution is 0.881. The van der Waals surface area contributed by atoms with Crippen molar-refractivity contribution in [3.8, 4) is 44.5 Å². The van der Waals surface area contributed by atoms with E-state index in [9.17, 15) is 0 Å². The Labute approximate surface area is 298 Å². The van der Waals surface area contributed by atoms with Gasteiger partial charge in [0.2, 0.25) is 0 Å². The number of hydrogen-bond acceptors (Lipinski definition) is 2. The minimum atomic E-state index is 0.375. The molecule has 1 aliphatic heterocycles. The molecule has 1 nitrogen and oxygen atoms in total. The molecule has 0 fully saturated rings. The van der Waals surface area contributed by atoms with E-state index in [-0.39, 0.29) is 0 Å². The number of benzene rings is 7. The van der Waals surface area contributed by atoms with Crippen LogP contribution in [0.4, 0.5) is 17.1 Å². The summed E-state index contributed by atoms with van der Waals surface area (Å²) in [6.07, 6.45) is 9.13. The summed E-state index contributed by atoms with van der Waals surface area (Å²) in [5, 5.41) is 0.399. The van der Waals surface area contributed by atoms with Crippen molar-refractivity contribution in [2.75, 3.05) is 4.90 Å². The summed E-state index contributed by atoms with van der Waals surface area (Å²) in [7, 11) is 0. The first-order valence-electron chi connectivity index (χ1n) is 17.3. The molecule has 2 heteroatoms. The van der Waals surface area contributed by atoms with E-state index >= 15 is 0 Å². The number of rotatable bonds is 7. The van der Waals surface area contributed by atoms with Crippen LogP contribution in [0.15, 0.2) is 205 Å². The lowest BCUT2D eigenvalue weighted by Gasteiger charge is -2.29. The van der Waals surface area contributed by atoms with Crippen LogP contribution >= 0.6 is 11.8 Å². The van der Waals surface area contributed by atoms with Gasteiger partial charge in [-0.2, -0.15) is 0 Å². The van der Waals surface area contributed by atoms with E-state index < -0.39 is 0 Å². The number of thioether (sulfide) groups is 1. The van der Waals surface area contributed by atoms with E-state index in [1.807, 2.05) is 11.8 Å². The number of hydrogen-bond donors (Lipinski definition) is 0. The number of anilines is 3. The maximum atomic E-state index is 2.44. The van der Waals surface area contributed by atoms with Gasteiger partial charge < -0.3 is 4.90 Å². The van der Waals surface area contributed by atoms with Crippen LogP contribution in [0, 0.1) is 0 Å². The summed E-state index contributed by atoms with van der Waals surface area (Å²) in [5.74, 6) is 0.375. The molecule has 1 aliphatic carbocycles. The zero-order valence-corrected chi connectivity index (χ0v) is 28.4. The van der Waals surface area contributed by atoms with Crippen LogP contribution in [0.1, 0.15) is 11.5 Å². The molecule has 0 bridgehead atoms. The highest BCUT2D eigenvalue weighted by Crippen LogP contribution is 2.55. The highest BCUT2D eigenvalue weighted by molar-refractivity contribution is 8.00. The molecule has 0 saturated carbocycles. The second-order valence-electron chi connectivity index (χ2n) is 12.9. The van der Waals surface area contributed by atoms with Gasteiger partial charge in [0.1, 0.15) is 0 Å². The lowest BCUT2D eigenvalue weighted by atomic mass is 9.89. The molecule has 0 amide bonds. The molecule has 50 heavy (non-hydrogen) atoms. The topological polar surface area (TPSA) is 3.24 Å². The Morgan fingerprint density at radius 2 is 0.800 bits per heavy atom. The molecule has 9 rings (SSSR count). The van der Waals surface area contributed by atoms with Crippen LogP contribution in [-0.4, -0.2) is 5.25 Å². The first kappa shape index (κ1) is 30.2. The zero-order chi connectivity index (χ0) is 33.3. The molecule has 238 valence electrons. The smallest absolute Gasteiger partial charge is 0.0551 e. The van der Waals surface area contributed by atoms with E-state index in [4.69, 9.17) is 0 Å². The number of allylic oxidation sites excluding steroid dienone is 3. The third-order valence-corrected chi connectivity index (χ3v) is 11.2. The third kappa shape index (κ3) is 5.68. The van der Waals surface area contributed by atoms with Crippen LogP contribution in [0.2, 0.25) is 0 Å². The van der Waals surface area contributed by atoms with Crippen molar-refractivity contribution in [1.82, 2.24) is 0 Å². The van der Waals surface area contributed by atoms with E-state index in [1.165, 1.54) is 60.7 Å². The van der Waals surface area contributed by atoms with Crippen LogP contribution in [0.25, 0.3) is 44.5 Å². The molecule has 7 aromatic rings. The van der Waals surface area contributed by atoms with Gasteiger partial charge in [-0.3, -0.25) is 0 Å². The first-order valence-corrected chi connectivity index (χ1v) is 18.1. The van der Waals surface area contributed by atoms with Crippen LogP contribution < -0.4 is 4.90 Å². The molecule has 2 unspecified atom stereocenters. The fourth-order valence-corrected chi connectivity index (χ4v) is 8.82. The summed E-state index contributed by atoms with van der Waals surface area (Å²) >= 11 is 2.00. The summed E-state index contributed by atoms with van der Waals surface area (Å²) < 4.78 is 0.